The molecule has 3 nitrogen and oxygen atoms in total. The van der Waals surface area contributed by atoms with Crippen molar-refractivity contribution in [2.75, 3.05) is 7.05 Å². The van der Waals surface area contributed by atoms with Crippen molar-refractivity contribution in [3.05, 3.63) is 60.1 Å². The third-order valence-corrected chi connectivity index (χ3v) is 3.64. The number of rotatable bonds is 2. The lowest BCUT2D eigenvalue weighted by Crippen LogP contribution is -2.26. The lowest BCUT2D eigenvalue weighted by atomic mass is 10.0. The van der Waals surface area contributed by atoms with Gasteiger partial charge in [-0.1, -0.05) is 30.3 Å². The Morgan fingerprint density at radius 2 is 1.83 bits per heavy atom. The highest BCUT2D eigenvalue weighted by atomic mass is 16.5. The van der Waals surface area contributed by atoms with Gasteiger partial charge in [0.15, 0.2) is 6.23 Å². The van der Waals surface area contributed by atoms with E-state index in [4.69, 9.17) is 9.15 Å². The molecule has 1 fully saturated rings. The normalized spacial score (nSPS) is 28.7. The van der Waals surface area contributed by atoms with Crippen LogP contribution in [0.2, 0.25) is 0 Å². The molecule has 0 saturated carbocycles. The quantitative estimate of drug-likeness (QED) is 0.808. The number of hydrogen-bond acceptors (Lipinski definition) is 3. The molecule has 18 heavy (non-hydrogen) atoms. The molecule has 3 atom stereocenters. The number of hydrogen-bond donors (Lipinski definition) is 0. The molecule has 3 rings (SSSR count). The SMILES string of the molecule is C[C@H]1[C@H](c2ccccc2)O[C@@H](c2ccco2)N1C. The minimum absolute atomic E-state index is 0.0892. The summed E-state index contributed by atoms with van der Waals surface area (Å²) in [6.45, 7) is 2.18. The largest absolute Gasteiger partial charge is 0.465 e. The average Bonchev–Trinajstić information content (AvgIpc) is 3.01. The maximum atomic E-state index is 6.15. The second-order valence-electron chi connectivity index (χ2n) is 4.74. The lowest BCUT2D eigenvalue weighted by Gasteiger charge is -2.19. The van der Waals surface area contributed by atoms with Crippen LogP contribution < -0.4 is 0 Å². The topological polar surface area (TPSA) is 25.6 Å². The molecular weight excluding hydrogens is 226 g/mol. The minimum atomic E-state index is -0.0970. The average molecular weight is 243 g/mol. The highest BCUT2D eigenvalue weighted by molar-refractivity contribution is 5.21. The van der Waals surface area contributed by atoms with Crippen molar-refractivity contribution >= 4 is 0 Å². The van der Waals surface area contributed by atoms with Gasteiger partial charge in [-0.05, 0) is 31.7 Å². The van der Waals surface area contributed by atoms with Crippen molar-refractivity contribution in [1.82, 2.24) is 4.90 Å². The molecule has 0 unspecified atom stereocenters. The van der Waals surface area contributed by atoms with E-state index >= 15 is 0 Å². The Kier molecular flexibility index (Phi) is 2.94. The summed E-state index contributed by atoms with van der Waals surface area (Å²) in [6.07, 6.45) is 1.68. The predicted octanol–water partition coefficient (Wildman–Crippen LogP) is 3.37. The molecule has 1 saturated heterocycles. The monoisotopic (exact) mass is 243 g/mol. The first-order valence-electron chi connectivity index (χ1n) is 6.23. The zero-order chi connectivity index (χ0) is 12.5. The van der Waals surface area contributed by atoms with E-state index in [2.05, 4.69) is 31.0 Å². The van der Waals surface area contributed by atoms with Crippen molar-refractivity contribution in [2.45, 2.75) is 25.3 Å². The van der Waals surface area contributed by atoms with Gasteiger partial charge in [-0.3, -0.25) is 4.90 Å². The van der Waals surface area contributed by atoms with Crippen LogP contribution in [0.15, 0.2) is 53.1 Å². The van der Waals surface area contributed by atoms with E-state index in [9.17, 15) is 0 Å². The molecule has 0 aliphatic carbocycles. The third-order valence-electron chi connectivity index (χ3n) is 3.64. The highest BCUT2D eigenvalue weighted by Gasteiger charge is 2.39. The molecule has 3 heteroatoms. The zero-order valence-electron chi connectivity index (χ0n) is 10.6. The maximum absolute atomic E-state index is 6.15. The van der Waals surface area contributed by atoms with Crippen molar-refractivity contribution in [3.8, 4) is 0 Å². The van der Waals surface area contributed by atoms with Gasteiger partial charge >= 0.3 is 0 Å². The summed E-state index contributed by atoms with van der Waals surface area (Å²) in [6, 6.07) is 14.5. The molecule has 0 radical (unpaired) electrons. The first-order chi connectivity index (χ1) is 8.77. The molecule has 1 aliphatic rings. The van der Waals surface area contributed by atoms with Crippen LogP contribution in [-0.2, 0) is 4.74 Å². The molecule has 0 spiro atoms. The van der Waals surface area contributed by atoms with E-state index in [0.717, 1.165) is 5.76 Å². The standard InChI is InChI=1S/C15H17NO2/c1-11-14(12-7-4-3-5-8-12)18-15(16(11)2)13-9-6-10-17-13/h3-11,14-15H,1-2H3/t11-,14+,15-/m0/s1. The first kappa shape index (κ1) is 11.5. The van der Waals surface area contributed by atoms with Gasteiger partial charge in [-0.2, -0.15) is 0 Å². The number of nitrogens with zero attached hydrogens (tertiary/aromatic N) is 1. The molecule has 94 valence electrons. The maximum Gasteiger partial charge on any atom is 0.170 e. The first-order valence-corrected chi connectivity index (χ1v) is 6.23. The number of benzene rings is 1. The van der Waals surface area contributed by atoms with E-state index < -0.39 is 0 Å². The second-order valence-corrected chi connectivity index (χ2v) is 4.74. The Labute approximate surface area is 107 Å². The Balaban J connectivity index is 1.87. The number of ether oxygens (including phenoxy) is 1. The Bertz CT molecular complexity index is 494. The smallest absolute Gasteiger partial charge is 0.170 e. The van der Waals surface area contributed by atoms with E-state index in [-0.39, 0.29) is 12.3 Å². The fourth-order valence-corrected chi connectivity index (χ4v) is 2.48. The molecular formula is C15H17NO2. The van der Waals surface area contributed by atoms with E-state index in [1.54, 1.807) is 6.26 Å². The summed E-state index contributed by atoms with van der Waals surface area (Å²) in [5.41, 5.74) is 1.21. The fourth-order valence-electron chi connectivity index (χ4n) is 2.48. The van der Waals surface area contributed by atoms with Crippen LogP contribution in [0.3, 0.4) is 0 Å². The third kappa shape index (κ3) is 1.85. The van der Waals surface area contributed by atoms with Crippen LogP contribution in [0.5, 0.6) is 0 Å². The van der Waals surface area contributed by atoms with Crippen molar-refractivity contribution in [3.63, 3.8) is 0 Å². The van der Waals surface area contributed by atoms with Gasteiger partial charge in [-0.15, -0.1) is 0 Å². The van der Waals surface area contributed by atoms with Crippen LogP contribution in [0.4, 0.5) is 0 Å². The van der Waals surface area contributed by atoms with Crippen LogP contribution in [-0.4, -0.2) is 18.0 Å². The summed E-state index contributed by atoms with van der Waals surface area (Å²) in [5, 5.41) is 0. The van der Waals surface area contributed by atoms with Gasteiger partial charge < -0.3 is 9.15 Å². The summed E-state index contributed by atoms with van der Waals surface area (Å²) in [7, 11) is 2.07. The van der Waals surface area contributed by atoms with Crippen molar-refractivity contribution in [1.29, 1.82) is 0 Å². The summed E-state index contributed by atoms with van der Waals surface area (Å²) < 4.78 is 11.6. The zero-order valence-corrected chi connectivity index (χ0v) is 10.6. The number of furan rings is 1. The molecule has 0 bridgehead atoms. The van der Waals surface area contributed by atoms with Crippen LogP contribution >= 0.6 is 0 Å². The van der Waals surface area contributed by atoms with Gasteiger partial charge in [0.25, 0.3) is 0 Å². The Hall–Kier alpha value is -1.58. The fraction of sp³-hybridized carbons (Fsp3) is 0.333. The molecule has 1 aromatic heterocycles. The van der Waals surface area contributed by atoms with E-state index in [1.807, 2.05) is 30.3 Å². The van der Waals surface area contributed by atoms with Gasteiger partial charge in [-0.25, -0.2) is 0 Å². The Morgan fingerprint density at radius 3 is 2.50 bits per heavy atom. The van der Waals surface area contributed by atoms with Crippen LogP contribution in [0.25, 0.3) is 0 Å². The van der Waals surface area contributed by atoms with E-state index in [1.165, 1.54) is 5.56 Å². The number of likely N-dealkylation sites (N-methyl/N-ethyl adjacent to an activating group) is 1. The molecule has 0 amide bonds. The van der Waals surface area contributed by atoms with Crippen LogP contribution in [0.1, 0.15) is 30.6 Å². The van der Waals surface area contributed by atoms with Gasteiger partial charge in [0, 0.05) is 6.04 Å². The molecule has 2 heterocycles. The van der Waals surface area contributed by atoms with Crippen molar-refractivity contribution in [2.24, 2.45) is 0 Å². The van der Waals surface area contributed by atoms with E-state index in [0.29, 0.717) is 6.04 Å². The molecule has 2 aromatic rings. The van der Waals surface area contributed by atoms with Gasteiger partial charge in [0.1, 0.15) is 11.9 Å². The summed E-state index contributed by atoms with van der Waals surface area (Å²) in [4.78, 5) is 2.20. The Morgan fingerprint density at radius 1 is 1.06 bits per heavy atom. The molecule has 1 aliphatic heterocycles. The second kappa shape index (κ2) is 4.59. The summed E-state index contributed by atoms with van der Waals surface area (Å²) >= 11 is 0. The van der Waals surface area contributed by atoms with Gasteiger partial charge in [0.2, 0.25) is 0 Å². The van der Waals surface area contributed by atoms with Gasteiger partial charge in [0.05, 0.1) is 6.26 Å². The minimum Gasteiger partial charge on any atom is -0.465 e. The highest BCUT2D eigenvalue weighted by Crippen LogP contribution is 2.40. The van der Waals surface area contributed by atoms with Crippen molar-refractivity contribution < 1.29 is 9.15 Å². The molecule has 0 N–H and O–H groups in total. The van der Waals surface area contributed by atoms with Crippen LogP contribution in [0, 0.1) is 0 Å². The summed E-state index contributed by atoms with van der Waals surface area (Å²) in [5.74, 6) is 0.864. The molecule has 1 aromatic carbocycles. The predicted molar refractivity (Wildman–Crippen MR) is 68.9 cm³/mol. The lowest BCUT2D eigenvalue weighted by molar-refractivity contribution is -0.00867.